The van der Waals surface area contributed by atoms with Gasteiger partial charge < -0.3 is 27.3 Å². The predicted molar refractivity (Wildman–Crippen MR) is 215 cm³/mol. The van der Waals surface area contributed by atoms with Gasteiger partial charge in [-0.3, -0.25) is 0 Å². The largest absolute Gasteiger partial charge is 0.678 e. The molecule has 0 unspecified atom stereocenters. The zero-order valence-electron chi connectivity index (χ0n) is 29.0. The van der Waals surface area contributed by atoms with Crippen LogP contribution >= 0.6 is 15.8 Å². The van der Waals surface area contributed by atoms with Crippen molar-refractivity contribution in [3.05, 3.63) is 158 Å². The van der Waals surface area contributed by atoms with Gasteiger partial charge in [0.2, 0.25) is 0 Å². The lowest BCUT2D eigenvalue weighted by Gasteiger charge is -2.37. The monoisotopic (exact) mass is 729 g/mol. The molecule has 0 amide bonds. The highest BCUT2D eigenvalue weighted by Gasteiger charge is 2.42. The first-order valence-electron chi connectivity index (χ1n) is 17.0. The van der Waals surface area contributed by atoms with Crippen LogP contribution in [0.3, 0.4) is 0 Å². The van der Waals surface area contributed by atoms with Crippen LogP contribution in [0.1, 0.15) is 6.42 Å². The molecule has 0 atom stereocenters. The average molecular weight is 730 g/mol. The van der Waals surface area contributed by atoms with Crippen molar-refractivity contribution < 1.29 is 22.4 Å². The van der Waals surface area contributed by atoms with Crippen molar-refractivity contribution in [3.8, 4) is 11.5 Å². The fourth-order valence-electron chi connectivity index (χ4n) is 6.49. The number of hydrogen-bond donors (Lipinski definition) is 0. The molecule has 0 N–H and O–H groups in total. The zero-order valence-corrected chi connectivity index (χ0v) is 31.8. The molecule has 1 heterocycles. The van der Waals surface area contributed by atoms with Crippen molar-refractivity contribution in [2.45, 2.75) is 6.42 Å². The molecule has 0 saturated carbocycles. The molecule has 1 aliphatic rings. The number of anilines is 2. The van der Waals surface area contributed by atoms with Gasteiger partial charge >= 0.3 is 9.05 Å². The summed E-state index contributed by atoms with van der Waals surface area (Å²) >= 11 is 0. The van der Waals surface area contributed by atoms with Gasteiger partial charge in [0.15, 0.2) is 11.5 Å². The third-order valence-corrected chi connectivity index (χ3v) is 15.8. The van der Waals surface area contributed by atoms with Gasteiger partial charge in [0.05, 0.1) is 11.4 Å². The van der Waals surface area contributed by atoms with E-state index in [1.54, 1.807) is 21.3 Å². The number of para-hydroxylation sites is 2. The predicted octanol–water partition coefficient (Wildman–Crippen LogP) is 7.23. The van der Waals surface area contributed by atoms with Gasteiger partial charge in [-0.15, -0.1) is 0 Å². The highest BCUT2D eigenvalue weighted by Crippen LogP contribution is 2.51. The summed E-state index contributed by atoms with van der Waals surface area (Å²) in [5, 5.41) is 7.43. The topological polar surface area (TPSA) is 49.4 Å². The van der Waals surface area contributed by atoms with E-state index in [-0.39, 0.29) is 0 Å². The summed E-state index contributed by atoms with van der Waals surface area (Å²) in [5.41, 5.74) is 2.07. The third kappa shape index (κ3) is 7.44. The van der Waals surface area contributed by atoms with Crippen LogP contribution in [0.2, 0.25) is 0 Å². The molecule has 0 bridgehead atoms. The minimum Gasteiger partial charge on any atom is -0.452 e. The Morgan fingerprint density at radius 3 is 1.22 bits per heavy atom. The molecule has 0 spiro atoms. The molecule has 51 heavy (non-hydrogen) atoms. The molecule has 0 radical (unpaired) electrons. The first-order chi connectivity index (χ1) is 25.2. The van der Waals surface area contributed by atoms with Gasteiger partial charge in [0, 0.05) is 45.1 Å². The van der Waals surface area contributed by atoms with Crippen molar-refractivity contribution in [1.82, 2.24) is 0 Å². The molecule has 258 valence electrons. The van der Waals surface area contributed by atoms with Crippen LogP contribution in [0.15, 0.2) is 158 Å². The highest BCUT2D eigenvalue weighted by atomic mass is 31.1. The van der Waals surface area contributed by atoms with E-state index in [0.29, 0.717) is 19.6 Å². The summed E-state index contributed by atoms with van der Waals surface area (Å²) in [4.78, 5) is 2.40. The number of fused-ring (bicyclic) bond motifs is 2. The summed E-state index contributed by atoms with van der Waals surface area (Å²) in [6.45, 7) is 1.09. The lowest BCUT2D eigenvalue weighted by Crippen LogP contribution is -2.46. The number of hydrogen-bond acceptors (Lipinski definition) is 6. The number of nitrogens with zero attached hydrogens (tertiary/aromatic N) is 1. The van der Waals surface area contributed by atoms with Gasteiger partial charge in [-0.2, -0.15) is 0 Å². The minimum absolute atomic E-state index is 0.407. The van der Waals surface area contributed by atoms with Crippen molar-refractivity contribution in [3.63, 3.8) is 0 Å². The van der Waals surface area contributed by atoms with Crippen molar-refractivity contribution >= 4 is 68.1 Å². The zero-order chi connectivity index (χ0) is 35.0. The molecular weight excluding hydrogens is 688 g/mol. The van der Waals surface area contributed by atoms with Crippen LogP contribution in [0.25, 0.3) is 0 Å². The smallest absolute Gasteiger partial charge is 0.452 e. The van der Waals surface area contributed by atoms with Crippen LogP contribution in [-0.2, 0) is 17.7 Å². The van der Waals surface area contributed by atoms with Crippen molar-refractivity contribution in [2.24, 2.45) is 0 Å². The Balaban J connectivity index is 1.38. The van der Waals surface area contributed by atoms with Crippen LogP contribution in [0, 0.1) is 0 Å². The van der Waals surface area contributed by atoms with E-state index < -0.39 is 24.9 Å². The van der Waals surface area contributed by atoms with E-state index in [0.717, 1.165) is 22.9 Å². The Kier molecular flexibility index (Phi) is 11.4. The van der Waals surface area contributed by atoms with Crippen molar-refractivity contribution in [2.75, 3.05) is 39.4 Å². The third-order valence-electron chi connectivity index (χ3n) is 8.83. The maximum atomic E-state index is 7.34. The highest BCUT2D eigenvalue weighted by molar-refractivity contribution is 7.80. The molecule has 1 aliphatic heterocycles. The quantitative estimate of drug-likeness (QED) is 0.0671. The normalized spacial score (nSPS) is 12.5. The molecule has 6 aromatic carbocycles. The maximum Gasteiger partial charge on any atom is 0.678 e. The van der Waals surface area contributed by atoms with Gasteiger partial charge in [0.25, 0.3) is 0 Å². The lowest BCUT2D eigenvalue weighted by molar-refractivity contribution is 0.00576. The van der Waals surface area contributed by atoms with Gasteiger partial charge in [-0.05, 0) is 67.7 Å². The second-order valence-electron chi connectivity index (χ2n) is 11.8. The molecule has 7 rings (SSSR count). The summed E-state index contributed by atoms with van der Waals surface area (Å²) in [5.74, 6) is 1.78. The first kappa shape index (κ1) is 35.2. The molecule has 6 nitrogen and oxygen atoms in total. The Morgan fingerprint density at radius 2 is 0.863 bits per heavy atom. The lowest BCUT2D eigenvalue weighted by atomic mass is 10.1. The molecular formula is C42H41NO5P2Si. The van der Waals surface area contributed by atoms with Crippen LogP contribution in [-0.4, -0.2) is 43.5 Å². The summed E-state index contributed by atoms with van der Waals surface area (Å²) in [6, 6.07) is 56.3. The minimum atomic E-state index is -3.18. The Hall–Kier alpha value is -4.16. The van der Waals surface area contributed by atoms with Crippen molar-refractivity contribution in [1.29, 1.82) is 0 Å². The van der Waals surface area contributed by atoms with E-state index >= 15 is 0 Å². The Morgan fingerprint density at radius 1 is 0.490 bits per heavy atom. The Labute approximate surface area is 304 Å². The first-order valence-corrected chi connectivity index (χ1v) is 21.3. The van der Waals surface area contributed by atoms with Gasteiger partial charge in [0.1, 0.15) is 0 Å². The molecule has 0 aliphatic carbocycles. The fourth-order valence-corrected chi connectivity index (χ4v) is 12.5. The van der Waals surface area contributed by atoms with E-state index in [4.69, 9.17) is 22.4 Å². The second kappa shape index (κ2) is 16.5. The number of benzene rings is 6. The van der Waals surface area contributed by atoms with E-state index in [2.05, 4.69) is 163 Å². The summed E-state index contributed by atoms with van der Waals surface area (Å²) in [6.07, 6.45) is 0.705. The molecule has 0 saturated heterocycles. The van der Waals surface area contributed by atoms with Gasteiger partial charge in [-0.1, -0.05) is 133 Å². The molecule has 0 fully saturated rings. The maximum absolute atomic E-state index is 7.34. The van der Waals surface area contributed by atoms with Crippen LogP contribution in [0.4, 0.5) is 11.4 Å². The standard InChI is InChI=1S/C42H41NO5P2Si/c1-44-51(45-2,46-3)47-32-18-31-43-37-27-16-29-39(49(33-19-8-4-9-20-33)34-21-10-5-11-22-34)41(37)48-42-38(43)28-17-30-40(42)50(35-23-12-6-13-24-35)36-25-14-7-15-26-36/h4-17,19-30H,18,31-32H2,1-3H3. The fraction of sp³-hybridized carbons (Fsp3) is 0.143. The van der Waals surface area contributed by atoms with Gasteiger partial charge in [-0.25, -0.2) is 0 Å². The summed E-state index contributed by atoms with van der Waals surface area (Å²) in [7, 11) is -0.368. The SMILES string of the molecule is CO[Si](OC)(OC)OCCCN1c2cccc(P(c3ccccc3)c3ccccc3)c2Oc2c1cccc2P(c1ccccc1)c1ccccc1. The van der Waals surface area contributed by atoms with Crippen LogP contribution < -0.4 is 41.5 Å². The van der Waals surface area contributed by atoms with E-state index in [1.807, 2.05) is 0 Å². The second-order valence-corrected chi connectivity index (χ2v) is 18.7. The molecule has 0 aromatic heterocycles. The molecule has 9 heteroatoms. The number of ether oxygens (including phenoxy) is 1. The average Bonchev–Trinajstić information content (AvgIpc) is 3.20. The van der Waals surface area contributed by atoms with E-state index in [1.165, 1.54) is 31.8 Å². The number of rotatable bonds is 14. The van der Waals surface area contributed by atoms with E-state index in [9.17, 15) is 0 Å². The summed E-state index contributed by atoms with van der Waals surface area (Å²) < 4.78 is 30.1. The molecule has 6 aromatic rings. The Bertz CT molecular complexity index is 1800. The van der Waals surface area contributed by atoms with Crippen LogP contribution in [0.5, 0.6) is 11.5 Å².